The van der Waals surface area contributed by atoms with Crippen molar-refractivity contribution in [1.82, 2.24) is 9.13 Å². The molecule has 14 heteroatoms. The molecule has 0 aliphatic heterocycles. The molecule has 0 unspecified atom stereocenters. The Labute approximate surface area is 357 Å². The van der Waals surface area contributed by atoms with E-state index in [4.69, 9.17) is 6.57 Å². The van der Waals surface area contributed by atoms with E-state index in [9.17, 15) is 25.4 Å². The number of rotatable bonds is 4. The molecule has 0 saturated heterocycles. The molecule has 0 radical (unpaired) electrons. The van der Waals surface area contributed by atoms with E-state index in [0.717, 1.165) is 35.4 Å². The topological polar surface area (TPSA) is 120 Å². The maximum Gasteiger partial charge on any atom is 0.294 e. The zero-order chi connectivity index (χ0) is 40.1. The molecule has 6 heterocycles. The van der Waals surface area contributed by atoms with E-state index in [1.165, 1.54) is 117 Å². The number of hydrogen-bond donors (Lipinski definition) is 0. The second-order valence-corrected chi connectivity index (χ2v) is 21.7. The molecule has 0 aromatic carbocycles. The van der Waals surface area contributed by atoms with Gasteiger partial charge in [0, 0.05) is 54.6 Å². The standard InChI is InChI=1S/C44H34N6O2S6/c1-4-49-39(51)29(55-41(49)23(20-45)21-46)18-24-16-26-33(53-24)35-31(43(26)12-8-6-9-13-43)37-38(57-35)32-36(58-37)34-27(44(32)14-10-7-11-15-44)17-25(54-34)19-30-40(52)50(5-2)42(56-30)28(22-47)48-3/h16-19H,4-15H2,1-2H3/b29-18+,30-19+,42-28-. The molecule has 0 N–H and O–H groups in total. The number of thiazole rings is 2. The SMILES string of the molecule is [C-]#[N+]/C(C#N)=c1\s/c(=C/c2cc3c(s2)-c2sc4c5c(sc4c2C32CCCCC2)-c2sc(/C=c3/sc(=C(C#N)C#N)n(CC)c3=O)cc2C52CCCCC2)c(=O)n1CC. The summed E-state index contributed by atoms with van der Waals surface area (Å²) in [6, 6.07) is 10.6. The maximum atomic E-state index is 13.5. The van der Waals surface area contributed by atoms with Crippen molar-refractivity contribution >= 4 is 101 Å². The van der Waals surface area contributed by atoms with Crippen molar-refractivity contribution in [2.24, 2.45) is 0 Å². The molecule has 2 spiro atoms. The molecule has 6 aromatic heterocycles. The van der Waals surface area contributed by atoms with E-state index in [-0.39, 0.29) is 33.2 Å². The normalized spacial score (nSPS) is 18.1. The molecule has 8 nitrogen and oxygen atoms in total. The van der Waals surface area contributed by atoms with Crippen molar-refractivity contribution in [1.29, 1.82) is 15.8 Å². The Morgan fingerprint density at radius 2 is 1.12 bits per heavy atom. The monoisotopic (exact) mass is 870 g/mol. The van der Waals surface area contributed by atoms with Crippen LogP contribution < -0.4 is 29.5 Å². The van der Waals surface area contributed by atoms with Gasteiger partial charge in [-0.1, -0.05) is 38.5 Å². The van der Waals surface area contributed by atoms with E-state index in [0.29, 0.717) is 31.5 Å². The number of nitriles is 3. The van der Waals surface area contributed by atoms with Crippen LogP contribution in [0, 0.1) is 40.6 Å². The molecule has 288 valence electrons. The Hall–Kier alpha value is -4.64. The van der Waals surface area contributed by atoms with E-state index in [2.05, 4.69) is 17.0 Å². The molecule has 2 saturated carbocycles. The van der Waals surface area contributed by atoms with Gasteiger partial charge in [-0.3, -0.25) is 14.2 Å². The molecule has 6 aromatic rings. The Morgan fingerprint density at radius 1 is 0.672 bits per heavy atom. The van der Waals surface area contributed by atoms with Gasteiger partial charge in [-0.2, -0.15) is 10.5 Å². The predicted molar refractivity (Wildman–Crippen MR) is 238 cm³/mol. The van der Waals surface area contributed by atoms with Gasteiger partial charge in [0.05, 0.1) is 40.9 Å². The fourth-order valence-corrected chi connectivity index (χ4v) is 18.6. The summed E-state index contributed by atoms with van der Waals surface area (Å²) in [6.07, 6.45) is 15.6. The lowest BCUT2D eigenvalue weighted by Gasteiger charge is -2.35. The number of thiophene rings is 4. The molecular formula is C44H34N6O2S6. The van der Waals surface area contributed by atoms with Crippen molar-refractivity contribution in [2.75, 3.05) is 0 Å². The number of hydrogen-bond acceptors (Lipinski definition) is 11. The molecular weight excluding hydrogens is 837 g/mol. The molecule has 58 heavy (non-hydrogen) atoms. The highest BCUT2D eigenvalue weighted by atomic mass is 32.1. The van der Waals surface area contributed by atoms with Crippen molar-refractivity contribution in [3.05, 3.63) is 94.7 Å². The van der Waals surface area contributed by atoms with Crippen LogP contribution in [-0.2, 0) is 23.9 Å². The van der Waals surface area contributed by atoms with Crippen molar-refractivity contribution in [2.45, 2.75) is 102 Å². The zero-order valence-corrected chi connectivity index (χ0v) is 36.6. The zero-order valence-electron chi connectivity index (χ0n) is 31.7. The fraction of sp³-hybridized carbons (Fsp3) is 0.364. The summed E-state index contributed by atoms with van der Waals surface area (Å²) in [4.78, 5) is 38.0. The van der Waals surface area contributed by atoms with Gasteiger partial charge < -0.3 is 4.57 Å². The van der Waals surface area contributed by atoms with Crippen molar-refractivity contribution in [3.8, 4) is 37.7 Å². The smallest absolute Gasteiger partial charge is 0.294 e. The van der Waals surface area contributed by atoms with Gasteiger partial charge in [-0.15, -0.1) is 68.0 Å². The highest BCUT2D eigenvalue weighted by Crippen LogP contribution is 2.69. The van der Waals surface area contributed by atoms with Crippen LogP contribution in [0.25, 0.3) is 57.2 Å². The molecule has 0 amide bonds. The minimum atomic E-state index is -0.157. The van der Waals surface area contributed by atoms with E-state index >= 15 is 0 Å². The third-order valence-electron chi connectivity index (χ3n) is 12.7. The summed E-state index contributed by atoms with van der Waals surface area (Å²) in [7, 11) is 0. The minimum absolute atomic E-state index is 0.0297. The van der Waals surface area contributed by atoms with Gasteiger partial charge in [0.1, 0.15) is 21.5 Å². The van der Waals surface area contributed by atoms with Crippen molar-refractivity contribution < 1.29 is 0 Å². The lowest BCUT2D eigenvalue weighted by atomic mass is 9.67. The quantitative estimate of drug-likeness (QED) is 0.165. The van der Waals surface area contributed by atoms with Crippen LogP contribution in [0.2, 0.25) is 0 Å². The first-order chi connectivity index (χ1) is 28.2. The maximum absolute atomic E-state index is 13.5. The molecule has 10 rings (SSSR count). The molecule has 0 atom stereocenters. The summed E-state index contributed by atoms with van der Waals surface area (Å²) in [5.74, 6) is 0. The van der Waals surface area contributed by atoms with Crippen LogP contribution in [0.3, 0.4) is 0 Å². The third kappa shape index (κ3) is 5.13. The highest BCUT2D eigenvalue weighted by Gasteiger charge is 2.52. The number of aromatic nitrogens is 2. The number of nitrogens with zero attached hydrogens (tertiary/aromatic N) is 6. The Morgan fingerprint density at radius 3 is 1.53 bits per heavy atom. The van der Waals surface area contributed by atoms with E-state index in [1.54, 1.807) is 27.2 Å². The van der Waals surface area contributed by atoms with Gasteiger partial charge in [0.2, 0.25) is 0 Å². The van der Waals surface area contributed by atoms with Gasteiger partial charge in [0.15, 0.2) is 5.57 Å². The first-order valence-corrected chi connectivity index (χ1v) is 24.5. The second-order valence-electron chi connectivity index (χ2n) is 15.4. The van der Waals surface area contributed by atoms with E-state index < -0.39 is 0 Å². The van der Waals surface area contributed by atoms with Gasteiger partial charge in [-0.25, -0.2) is 10.1 Å². The van der Waals surface area contributed by atoms with Gasteiger partial charge in [-0.05, 0) is 74.9 Å². The lowest BCUT2D eigenvalue weighted by molar-refractivity contribution is 0.354. The van der Waals surface area contributed by atoms with Crippen LogP contribution in [0.4, 0.5) is 0 Å². The van der Waals surface area contributed by atoms with Crippen LogP contribution >= 0.6 is 68.0 Å². The van der Waals surface area contributed by atoms with E-state index in [1.807, 2.05) is 66.9 Å². The molecule has 2 fully saturated rings. The fourth-order valence-electron chi connectivity index (χ4n) is 10.2. The Kier molecular flexibility index (Phi) is 9.07. The molecule has 0 bridgehead atoms. The highest BCUT2D eigenvalue weighted by molar-refractivity contribution is 7.34. The van der Waals surface area contributed by atoms with Crippen LogP contribution in [-0.4, -0.2) is 9.13 Å². The second kappa shape index (κ2) is 14.0. The lowest BCUT2D eigenvalue weighted by Crippen LogP contribution is -2.31. The first kappa shape index (κ1) is 37.6. The minimum Gasteiger partial charge on any atom is -0.307 e. The van der Waals surface area contributed by atoms with Crippen LogP contribution in [0.15, 0.2) is 21.7 Å². The average molecular weight is 871 g/mol. The Bertz CT molecular complexity index is 3080. The summed E-state index contributed by atoms with van der Waals surface area (Å²) < 4.78 is 7.95. The summed E-state index contributed by atoms with van der Waals surface area (Å²) in [5, 5.41) is 28.8. The van der Waals surface area contributed by atoms with Gasteiger partial charge >= 0.3 is 0 Å². The average Bonchev–Trinajstić information content (AvgIpc) is 4.11. The van der Waals surface area contributed by atoms with Crippen LogP contribution in [0.1, 0.15) is 110 Å². The first-order valence-electron chi connectivity index (χ1n) is 19.6. The largest absolute Gasteiger partial charge is 0.307 e. The van der Waals surface area contributed by atoms with Crippen LogP contribution in [0.5, 0.6) is 0 Å². The summed E-state index contributed by atoms with van der Waals surface area (Å²) >= 11 is 10.0. The Balaban J connectivity index is 1.15. The molecule has 4 aliphatic carbocycles. The molecule has 4 aliphatic rings. The summed E-state index contributed by atoms with van der Waals surface area (Å²) in [6.45, 7) is 12.0. The van der Waals surface area contributed by atoms with Crippen molar-refractivity contribution in [3.63, 3.8) is 0 Å². The summed E-state index contributed by atoms with van der Waals surface area (Å²) in [5.41, 5.74) is 5.35. The van der Waals surface area contributed by atoms with Gasteiger partial charge in [0.25, 0.3) is 16.8 Å². The predicted octanol–water partition coefficient (Wildman–Crippen LogP) is 8.44. The third-order valence-corrected chi connectivity index (χ3v) is 20.0. The number of fused-ring (bicyclic) bond motifs is 13.